The van der Waals surface area contributed by atoms with Crippen molar-refractivity contribution in [3.63, 3.8) is 0 Å². The Balaban J connectivity index is 1.61. The lowest BCUT2D eigenvalue weighted by molar-refractivity contribution is -0.120. The molecule has 2 aromatic rings. The standard InChI is InChI=1S/C21H24ClN3O2/c1-15(21(27)23-19-9-5-3-7-17(19)16(2)26)24-11-13-25(14-12-24)20-10-6-4-8-18(20)22/h3-10,15H,11-14H2,1-2H3,(H,23,27)/t15-/m1/s1. The Labute approximate surface area is 164 Å². The molecule has 1 fully saturated rings. The maximum absolute atomic E-state index is 12.7. The van der Waals surface area contributed by atoms with Crippen LogP contribution >= 0.6 is 11.6 Å². The van der Waals surface area contributed by atoms with Gasteiger partial charge in [-0.15, -0.1) is 0 Å². The van der Waals surface area contributed by atoms with Crippen LogP contribution in [0.3, 0.4) is 0 Å². The summed E-state index contributed by atoms with van der Waals surface area (Å²) in [5.41, 5.74) is 2.13. The number of benzene rings is 2. The third kappa shape index (κ3) is 4.49. The molecule has 1 amide bonds. The molecule has 27 heavy (non-hydrogen) atoms. The third-order valence-corrected chi connectivity index (χ3v) is 5.32. The molecule has 142 valence electrons. The van der Waals surface area contributed by atoms with Gasteiger partial charge in [-0.05, 0) is 38.1 Å². The zero-order chi connectivity index (χ0) is 19.4. The third-order valence-electron chi connectivity index (χ3n) is 5.00. The summed E-state index contributed by atoms with van der Waals surface area (Å²) in [4.78, 5) is 28.8. The minimum Gasteiger partial charge on any atom is -0.368 e. The number of piperazine rings is 1. The van der Waals surface area contributed by atoms with Gasteiger partial charge in [0.2, 0.25) is 5.91 Å². The zero-order valence-electron chi connectivity index (χ0n) is 15.6. The van der Waals surface area contributed by atoms with E-state index in [1.807, 2.05) is 37.3 Å². The Morgan fingerprint density at radius 3 is 2.30 bits per heavy atom. The number of rotatable bonds is 5. The van der Waals surface area contributed by atoms with E-state index in [1.54, 1.807) is 18.2 Å². The summed E-state index contributed by atoms with van der Waals surface area (Å²) in [7, 11) is 0. The molecule has 1 N–H and O–H groups in total. The van der Waals surface area contributed by atoms with Crippen molar-refractivity contribution in [3.8, 4) is 0 Å². The molecule has 1 saturated heterocycles. The molecule has 5 nitrogen and oxygen atoms in total. The second-order valence-electron chi connectivity index (χ2n) is 6.74. The van der Waals surface area contributed by atoms with E-state index in [1.165, 1.54) is 6.92 Å². The van der Waals surface area contributed by atoms with Crippen molar-refractivity contribution in [3.05, 3.63) is 59.1 Å². The molecule has 1 atom stereocenters. The Kier molecular flexibility index (Phi) is 6.14. The summed E-state index contributed by atoms with van der Waals surface area (Å²) in [5.74, 6) is -0.165. The number of halogens is 1. The predicted molar refractivity (Wildman–Crippen MR) is 110 cm³/mol. The Hall–Kier alpha value is -2.37. The highest BCUT2D eigenvalue weighted by Gasteiger charge is 2.26. The maximum Gasteiger partial charge on any atom is 0.241 e. The van der Waals surface area contributed by atoms with Crippen LogP contribution in [0.2, 0.25) is 5.02 Å². The van der Waals surface area contributed by atoms with Gasteiger partial charge in [0.1, 0.15) is 0 Å². The van der Waals surface area contributed by atoms with Crippen molar-refractivity contribution in [2.24, 2.45) is 0 Å². The average molecular weight is 386 g/mol. The summed E-state index contributed by atoms with van der Waals surface area (Å²) in [6, 6.07) is 14.6. The molecule has 0 radical (unpaired) electrons. The molecule has 0 bridgehead atoms. The second-order valence-corrected chi connectivity index (χ2v) is 7.15. The van der Waals surface area contributed by atoms with Crippen LogP contribution in [0.25, 0.3) is 0 Å². The van der Waals surface area contributed by atoms with E-state index in [2.05, 4.69) is 15.1 Å². The van der Waals surface area contributed by atoms with Gasteiger partial charge in [-0.1, -0.05) is 35.9 Å². The largest absolute Gasteiger partial charge is 0.368 e. The summed E-state index contributed by atoms with van der Waals surface area (Å²) >= 11 is 6.29. The number of para-hydroxylation sites is 2. The molecule has 0 spiro atoms. The number of carbonyl (C=O) groups excluding carboxylic acids is 2. The van der Waals surface area contributed by atoms with Gasteiger partial charge in [0, 0.05) is 31.7 Å². The second kappa shape index (κ2) is 8.55. The SMILES string of the molecule is CC(=O)c1ccccc1NC(=O)[C@@H](C)N1CCN(c2ccccc2Cl)CC1. The van der Waals surface area contributed by atoms with E-state index in [4.69, 9.17) is 11.6 Å². The molecule has 0 unspecified atom stereocenters. The minimum absolute atomic E-state index is 0.0630. The van der Waals surface area contributed by atoms with E-state index in [0.29, 0.717) is 11.3 Å². The Morgan fingerprint density at radius 1 is 1.00 bits per heavy atom. The van der Waals surface area contributed by atoms with Crippen LogP contribution in [0, 0.1) is 0 Å². The van der Waals surface area contributed by atoms with Crippen molar-refractivity contribution >= 4 is 34.7 Å². The zero-order valence-corrected chi connectivity index (χ0v) is 16.4. The molecular weight excluding hydrogens is 362 g/mol. The van der Waals surface area contributed by atoms with Crippen molar-refractivity contribution in [1.82, 2.24) is 4.90 Å². The van der Waals surface area contributed by atoms with Gasteiger partial charge in [-0.25, -0.2) is 0 Å². The number of nitrogens with zero attached hydrogens (tertiary/aromatic N) is 2. The topological polar surface area (TPSA) is 52.7 Å². The van der Waals surface area contributed by atoms with Gasteiger partial charge in [0.05, 0.1) is 22.4 Å². The molecule has 1 aliphatic heterocycles. The number of Topliss-reactive ketones (excluding diaryl/α,β-unsaturated/α-hetero) is 1. The van der Waals surface area contributed by atoms with Crippen molar-refractivity contribution < 1.29 is 9.59 Å². The van der Waals surface area contributed by atoms with E-state index >= 15 is 0 Å². The molecule has 3 rings (SSSR count). The predicted octanol–water partition coefficient (Wildman–Crippen LogP) is 3.69. The molecular formula is C21H24ClN3O2. The van der Waals surface area contributed by atoms with Gasteiger partial charge in [0.25, 0.3) is 0 Å². The first-order chi connectivity index (χ1) is 13.0. The first-order valence-corrected chi connectivity index (χ1v) is 9.49. The molecule has 2 aromatic carbocycles. The first-order valence-electron chi connectivity index (χ1n) is 9.11. The van der Waals surface area contributed by atoms with Crippen LogP contribution in [0.1, 0.15) is 24.2 Å². The molecule has 0 aliphatic carbocycles. The fourth-order valence-electron chi connectivity index (χ4n) is 3.36. The maximum atomic E-state index is 12.7. The Bertz CT molecular complexity index is 832. The molecule has 0 saturated carbocycles. The smallest absolute Gasteiger partial charge is 0.241 e. The molecule has 6 heteroatoms. The number of nitrogens with one attached hydrogen (secondary N) is 1. The van der Waals surface area contributed by atoms with Gasteiger partial charge in [-0.2, -0.15) is 0 Å². The van der Waals surface area contributed by atoms with Crippen molar-refractivity contribution in [2.45, 2.75) is 19.9 Å². The lowest BCUT2D eigenvalue weighted by Gasteiger charge is -2.38. The van der Waals surface area contributed by atoms with E-state index < -0.39 is 0 Å². The normalized spacial score (nSPS) is 16.0. The van der Waals surface area contributed by atoms with Crippen LogP contribution in [-0.4, -0.2) is 48.8 Å². The Morgan fingerprint density at radius 2 is 1.63 bits per heavy atom. The number of hydrogen-bond donors (Lipinski definition) is 1. The van der Waals surface area contributed by atoms with Gasteiger partial charge >= 0.3 is 0 Å². The lowest BCUT2D eigenvalue weighted by Crippen LogP contribution is -2.53. The monoisotopic (exact) mass is 385 g/mol. The summed E-state index contributed by atoms with van der Waals surface area (Å²) < 4.78 is 0. The van der Waals surface area contributed by atoms with Crippen LogP contribution < -0.4 is 10.2 Å². The molecule has 1 heterocycles. The fourth-order valence-corrected chi connectivity index (χ4v) is 3.62. The van der Waals surface area contributed by atoms with Gasteiger partial charge < -0.3 is 10.2 Å². The summed E-state index contributed by atoms with van der Waals surface area (Å²) in [6.07, 6.45) is 0. The van der Waals surface area contributed by atoms with Crippen LogP contribution in [0.15, 0.2) is 48.5 Å². The number of amides is 1. The highest BCUT2D eigenvalue weighted by molar-refractivity contribution is 6.33. The highest BCUT2D eigenvalue weighted by Crippen LogP contribution is 2.26. The lowest BCUT2D eigenvalue weighted by atomic mass is 10.1. The molecule has 0 aromatic heterocycles. The molecule has 1 aliphatic rings. The summed E-state index contributed by atoms with van der Waals surface area (Å²) in [6.45, 7) is 6.57. The van der Waals surface area contributed by atoms with E-state index in [0.717, 1.165) is 36.9 Å². The fraction of sp³-hybridized carbons (Fsp3) is 0.333. The number of anilines is 2. The van der Waals surface area contributed by atoms with Crippen LogP contribution in [-0.2, 0) is 4.79 Å². The number of ketones is 1. The quantitative estimate of drug-likeness (QED) is 0.797. The highest BCUT2D eigenvalue weighted by atomic mass is 35.5. The first kappa shape index (κ1) is 19.4. The van der Waals surface area contributed by atoms with E-state index in [9.17, 15) is 9.59 Å². The number of carbonyl (C=O) groups is 2. The van der Waals surface area contributed by atoms with Gasteiger partial charge in [-0.3, -0.25) is 14.5 Å². The van der Waals surface area contributed by atoms with Gasteiger partial charge in [0.15, 0.2) is 5.78 Å². The average Bonchev–Trinajstić information content (AvgIpc) is 2.68. The minimum atomic E-state index is -0.279. The summed E-state index contributed by atoms with van der Waals surface area (Å²) in [5, 5.41) is 3.65. The van der Waals surface area contributed by atoms with Crippen molar-refractivity contribution in [2.75, 3.05) is 36.4 Å². The van der Waals surface area contributed by atoms with Crippen LogP contribution in [0.5, 0.6) is 0 Å². The van der Waals surface area contributed by atoms with E-state index in [-0.39, 0.29) is 17.7 Å². The van der Waals surface area contributed by atoms with Crippen LogP contribution in [0.4, 0.5) is 11.4 Å². The van der Waals surface area contributed by atoms with Crippen molar-refractivity contribution in [1.29, 1.82) is 0 Å². The number of hydrogen-bond acceptors (Lipinski definition) is 4.